The Morgan fingerprint density at radius 2 is 1.95 bits per heavy atom. The van der Waals surface area contributed by atoms with Crippen molar-refractivity contribution in [2.24, 2.45) is 5.41 Å². The highest BCUT2D eigenvalue weighted by atomic mass is 35.5. The number of rotatable bonds is 6. The third kappa shape index (κ3) is 3.82. The van der Waals surface area contributed by atoms with Crippen LogP contribution >= 0.6 is 11.6 Å². The number of nitrogens with one attached hydrogen (secondary N) is 1. The average molecular weight is 316 g/mol. The highest BCUT2D eigenvalue weighted by Gasteiger charge is 2.50. The molecule has 7 heteroatoms. The van der Waals surface area contributed by atoms with Crippen LogP contribution in [0.4, 0.5) is 0 Å². The number of hydrogen-bond donors (Lipinski definition) is 2. The Labute approximate surface area is 122 Å². The molecule has 1 saturated carbocycles. The van der Waals surface area contributed by atoms with Gasteiger partial charge in [-0.05, 0) is 36.6 Å². The van der Waals surface area contributed by atoms with E-state index in [1.807, 2.05) is 0 Å². The topological polar surface area (TPSA) is 83.5 Å². The van der Waals surface area contributed by atoms with Crippen molar-refractivity contribution >= 4 is 33.7 Å². The van der Waals surface area contributed by atoms with Crippen molar-refractivity contribution in [2.75, 3.05) is 6.54 Å². The van der Waals surface area contributed by atoms with Gasteiger partial charge in [0.2, 0.25) is 10.0 Å². The van der Waals surface area contributed by atoms with E-state index in [2.05, 4.69) is 4.72 Å². The number of carboxylic acid groups (broad SMARTS) is 1. The summed E-state index contributed by atoms with van der Waals surface area (Å²) >= 11 is 5.73. The zero-order valence-electron chi connectivity index (χ0n) is 10.5. The molecule has 0 heterocycles. The standard InChI is InChI=1S/C13H14ClNO4S/c14-11-3-1-10(2-4-11)5-8-20(18,19)15-9-13(6-7-13)12(16)17/h1-5,8,15H,6-7,9H2,(H,16,17)/b8-5+. The van der Waals surface area contributed by atoms with E-state index in [0.29, 0.717) is 23.4 Å². The third-order valence-corrected chi connectivity index (χ3v) is 4.52. The number of carboxylic acids is 1. The Hall–Kier alpha value is -1.37. The molecule has 0 unspecified atom stereocenters. The summed E-state index contributed by atoms with van der Waals surface area (Å²) in [5.74, 6) is -0.957. The smallest absolute Gasteiger partial charge is 0.310 e. The minimum atomic E-state index is -3.64. The Kier molecular flexibility index (Phi) is 4.17. The van der Waals surface area contributed by atoms with Crippen LogP contribution < -0.4 is 4.72 Å². The number of aliphatic carboxylic acids is 1. The predicted molar refractivity (Wildman–Crippen MR) is 76.7 cm³/mol. The SMILES string of the molecule is O=C(O)C1(CNS(=O)(=O)/C=C/c2ccc(Cl)cc2)CC1. The fourth-order valence-electron chi connectivity index (χ4n) is 1.65. The van der Waals surface area contributed by atoms with Crippen LogP contribution in [0.2, 0.25) is 5.02 Å². The second-order valence-corrected chi connectivity index (χ2v) is 6.89. The number of carbonyl (C=O) groups is 1. The lowest BCUT2D eigenvalue weighted by Crippen LogP contribution is -2.33. The number of sulfonamides is 1. The largest absolute Gasteiger partial charge is 0.481 e. The highest BCUT2D eigenvalue weighted by Crippen LogP contribution is 2.45. The molecule has 0 atom stereocenters. The Balaban J connectivity index is 1.97. The van der Waals surface area contributed by atoms with Crippen LogP contribution in [0, 0.1) is 5.41 Å². The summed E-state index contributed by atoms with van der Waals surface area (Å²) in [6.45, 7) is -0.0738. The first-order chi connectivity index (χ1) is 9.33. The Morgan fingerprint density at radius 3 is 2.45 bits per heavy atom. The summed E-state index contributed by atoms with van der Waals surface area (Å²) in [4.78, 5) is 10.9. The van der Waals surface area contributed by atoms with Crippen LogP contribution in [-0.4, -0.2) is 26.0 Å². The number of benzene rings is 1. The van der Waals surface area contributed by atoms with Gasteiger partial charge in [-0.3, -0.25) is 4.79 Å². The maximum atomic E-state index is 11.8. The molecule has 0 saturated heterocycles. The first-order valence-corrected chi connectivity index (χ1v) is 7.92. The van der Waals surface area contributed by atoms with Crippen molar-refractivity contribution in [2.45, 2.75) is 12.8 Å². The van der Waals surface area contributed by atoms with Gasteiger partial charge in [-0.2, -0.15) is 0 Å². The van der Waals surface area contributed by atoms with Gasteiger partial charge in [-0.15, -0.1) is 0 Å². The van der Waals surface area contributed by atoms with Crippen LogP contribution in [0.15, 0.2) is 29.7 Å². The van der Waals surface area contributed by atoms with E-state index in [-0.39, 0.29) is 6.54 Å². The van der Waals surface area contributed by atoms with E-state index in [0.717, 1.165) is 5.41 Å². The van der Waals surface area contributed by atoms with Crippen molar-refractivity contribution in [1.29, 1.82) is 0 Å². The molecule has 0 radical (unpaired) electrons. The van der Waals surface area contributed by atoms with E-state index in [9.17, 15) is 13.2 Å². The van der Waals surface area contributed by atoms with Crippen molar-refractivity contribution in [3.8, 4) is 0 Å². The Morgan fingerprint density at radius 1 is 1.35 bits per heavy atom. The molecule has 2 rings (SSSR count). The fraction of sp³-hybridized carbons (Fsp3) is 0.308. The minimum absolute atomic E-state index is 0.0738. The van der Waals surface area contributed by atoms with Crippen LogP contribution in [0.25, 0.3) is 6.08 Å². The van der Waals surface area contributed by atoms with Gasteiger partial charge < -0.3 is 5.11 Å². The van der Waals surface area contributed by atoms with Crippen LogP contribution in [0.3, 0.4) is 0 Å². The number of hydrogen-bond acceptors (Lipinski definition) is 3. The van der Waals surface area contributed by atoms with Crippen LogP contribution in [-0.2, 0) is 14.8 Å². The average Bonchev–Trinajstić information content (AvgIpc) is 3.17. The molecule has 5 nitrogen and oxygen atoms in total. The molecule has 0 bridgehead atoms. The molecular formula is C13H14ClNO4S. The zero-order valence-corrected chi connectivity index (χ0v) is 12.1. The molecular weight excluding hydrogens is 302 g/mol. The second-order valence-electron chi connectivity index (χ2n) is 4.81. The van der Waals surface area contributed by atoms with E-state index in [4.69, 9.17) is 16.7 Å². The molecule has 1 aromatic carbocycles. The number of halogens is 1. The second kappa shape index (κ2) is 5.55. The first kappa shape index (κ1) is 15.0. The van der Waals surface area contributed by atoms with E-state index >= 15 is 0 Å². The van der Waals surface area contributed by atoms with Gasteiger partial charge in [-0.25, -0.2) is 13.1 Å². The molecule has 1 fully saturated rings. The zero-order chi connectivity index (χ0) is 14.8. The molecule has 0 aromatic heterocycles. The normalized spacial score (nSPS) is 17.2. The molecule has 1 aliphatic rings. The summed E-state index contributed by atoms with van der Waals surface area (Å²) < 4.78 is 25.8. The molecule has 0 aliphatic heterocycles. The third-order valence-electron chi connectivity index (χ3n) is 3.23. The quantitative estimate of drug-likeness (QED) is 0.842. The molecule has 2 N–H and O–H groups in total. The van der Waals surface area contributed by atoms with Gasteiger partial charge in [0, 0.05) is 17.0 Å². The Bertz CT molecular complexity index is 633. The maximum absolute atomic E-state index is 11.8. The van der Waals surface area contributed by atoms with E-state index < -0.39 is 21.4 Å². The van der Waals surface area contributed by atoms with Crippen LogP contribution in [0.1, 0.15) is 18.4 Å². The summed E-state index contributed by atoms with van der Waals surface area (Å²) in [6, 6.07) is 6.69. The van der Waals surface area contributed by atoms with Crippen molar-refractivity contribution in [3.63, 3.8) is 0 Å². The fourth-order valence-corrected chi connectivity index (χ4v) is 2.68. The van der Waals surface area contributed by atoms with Crippen molar-refractivity contribution in [3.05, 3.63) is 40.3 Å². The lowest BCUT2D eigenvalue weighted by Gasteiger charge is -2.09. The predicted octanol–water partition coefficient (Wildman–Crippen LogP) is 2.09. The molecule has 0 amide bonds. The van der Waals surface area contributed by atoms with Gasteiger partial charge >= 0.3 is 5.97 Å². The van der Waals surface area contributed by atoms with E-state index in [1.165, 1.54) is 6.08 Å². The van der Waals surface area contributed by atoms with Crippen molar-refractivity contribution < 1.29 is 18.3 Å². The molecule has 1 aromatic rings. The van der Waals surface area contributed by atoms with Gasteiger partial charge in [0.25, 0.3) is 0 Å². The van der Waals surface area contributed by atoms with Gasteiger partial charge in [0.05, 0.1) is 5.41 Å². The highest BCUT2D eigenvalue weighted by molar-refractivity contribution is 7.92. The summed E-state index contributed by atoms with van der Waals surface area (Å²) in [5, 5.41) is 10.6. The van der Waals surface area contributed by atoms with Gasteiger partial charge in [0.15, 0.2) is 0 Å². The van der Waals surface area contributed by atoms with E-state index in [1.54, 1.807) is 24.3 Å². The molecule has 108 valence electrons. The van der Waals surface area contributed by atoms with Gasteiger partial charge in [0.1, 0.15) is 0 Å². The monoisotopic (exact) mass is 315 g/mol. The molecule has 1 aliphatic carbocycles. The molecule has 20 heavy (non-hydrogen) atoms. The van der Waals surface area contributed by atoms with Crippen molar-refractivity contribution in [1.82, 2.24) is 4.72 Å². The molecule has 0 spiro atoms. The maximum Gasteiger partial charge on any atom is 0.310 e. The summed E-state index contributed by atoms with van der Waals surface area (Å²) in [7, 11) is -3.64. The lowest BCUT2D eigenvalue weighted by molar-refractivity contribution is -0.142. The lowest BCUT2D eigenvalue weighted by atomic mass is 10.1. The minimum Gasteiger partial charge on any atom is -0.481 e. The summed E-state index contributed by atoms with van der Waals surface area (Å²) in [6.07, 6.45) is 2.44. The summed E-state index contributed by atoms with van der Waals surface area (Å²) in [5.41, 5.74) is -0.222. The van der Waals surface area contributed by atoms with Crippen LogP contribution in [0.5, 0.6) is 0 Å². The van der Waals surface area contributed by atoms with Gasteiger partial charge in [-0.1, -0.05) is 23.7 Å². The first-order valence-electron chi connectivity index (χ1n) is 6.00.